The molecular formula is C12H16ClN3OS. The van der Waals surface area contributed by atoms with Crippen LogP contribution in [0.25, 0.3) is 0 Å². The molecule has 0 saturated carbocycles. The summed E-state index contributed by atoms with van der Waals surface area (Å²) in [6.45, 7) is 2.14. The smallest absolute Gasteiger partial charge is 0.318 e. The van der Waals surface area contributed by atoms with Gasteiger partial charge in [-0.25, -0.2) is 0 Å². The molecule has 2 aromatic heterocycles. The maximum atomic E-state index is 5.64. The topological polar surface area (TPSA) is 42.2 Å². The number of anilines is 1. The van der Waals surface area contributed by atoms with Gasteiger partial charge in [-0.1, -0.05) is 11.2 Å². The molecule has 0 fully saturated rings. The van der Waals surface area contributed by atoms with E-state index in [4.69, 9.17) is 16.0 Å². The normalized spacial score (nSPS) is 12.6. The van der Waals surface area contributed by atoms with Gasteiger partial charge in [0.05, 0.1) is 0 Å². The molecule has 0 N–H and O–H groups in total. The van der Waals surface area contributed by atoms with Gasteiger partial charge >= 0.3 is 6.01 Å². The number of hydrogen-bond donors (Lipinski definition) is 0. The Morgan fingerprint density at radius 2 is 2.33 bits per heavy atom. The van der Waals surface area contributed by atoms with Crippen LogP contribution < -0.4 is 4.90 Å². The van der Waals surface area contributed by atoms with Crippen LogP contribution in [0.15, 0.2) is 21.9 Å². The van der Waals surface area contributed by atoms with Crippen LogP contribution in [0.2, 0.25) is 0 Å². The number of aryl methyl sites for hydroxylation is 1. The Labute approximate surface area is 116 Å². The minimum Gasteiger partial charge on any atom is -0.408 e. The van der Waals surface area contributed by atoms with Crippen LogP contribution in [0.1, 0.15) is 17.7 Å². The summed E-state index contributed by atoms with van der Waals surface area (Å²) < 4.78 is 5.55. The van der Waals surface area contributed by atoms with E-state index < -0.39 is 0 Å². The summed E-state index contributed by atoms with van der Waals surface area (Å²) in [5.41, 5.74) is 0. The molecule has 1 atom stereocenters. The predicted molar refractivity (Wildman–Crippen MR) is 74.6 cm³/mol. The molecule has 2 heterocycles. The number of likely N-dealkylation sites (N-methyl/N-ethyl adjacent to an activating group) is 1. The first-order chi connectivity index (χ1) is 8.70. The molecule has 0 aliphatic rings. The maximum Gasteiger partial charge on any atom is 0.318 e. The number of halogens is 1. The highest BCUT2D eigenvalue weighted by molar-refractivity contribution is 7.09. The van der Waals surface area contributed by atoms with Crippen LogP contribution in [-0.2, 0) is 12.8 Å². The van der Waals surface area contributed by atoms with Crippen LogP contribution in [0, 0.1) is 0 Å². The molecule has 0 spiro atoms. The second-order valence-corrected chi connectivity index (χ2v) is 5.57. The van der Waals surface area contributed by atoms with E-state index in [0.29, 0.717) is 30.2 Å². The number of thiophene rings is 1. The molecule has 0 amide bonds. The summed E-state index contributed by atoms with van der Waals surface area (Å²) >= 11 is 7.41. The minimum absolute atomic E-state index is 0.313. The van der Waals surface area contributed by atoms with Crippen LogP contribution in [0.5, 0.6) is 0 Å². The molecule has 4 nitrogen and oxygen atoms in total. The summed E-state index contributed by atoms with van der Waals surface area (Å²) in [7, 11) is 1.97. The van der Waals surface area contributed by atoms with Crippen molar-refractivity contribution in [1.82, 2.24) is 10.2 Å². The molecule has 1 unspecified atom stereocenters. The molecule has 2 rings (SSSR count). The van der Waals surface area contributed by atoms with E-state index in [1.165, 1.54) is 4.88 Å². The fourth-order valence-corrected chi connectivity index (χ4v) is 2.60. The Hall–Kier alpha value is -1.07. The SMILES string of the molecule is CC(Cc1cccs1)N(C)c1nnc(CCCl)o1. The first-order valence-electron chi connectivity index (χ1n) is 5.84. The van der Waals surface area contributed by atoms with E-state index >= 15 is 0 Å². The van der Waals surface area contributed by atoms with Gasteiger partial charge in [0.15, 0.2) is 0 Å². The maximum absolute atomic E-state index is 5.64. The van der Waals surface area contributed by atoms with Crippen molar-refractivity contribution < 1.29 is 4.42 Å². The van der Waals surface area contributed by atoms with Crippen LogP contribution in [-0.4, -0.2) is 29.2 Å². The van der Waals surface area contributed by atoms with Gasteiger partial charge in [-0.05, 0) is 18.4 Å². The van der Waals surface area contributed by atoms with Crippen molar-refractivity contribution in [2.45, 2.75) is 25.8 Å². The summed E-state index contributed by atoms with van der Waals surface area (Å²) in [5.74, 6) is 1.09. The van der Waals surface area contributed by atoms with Gasteiger partial charge in [-0.3, -0.25) is 0 Å². The Morgan fingerprint density at radius 1 is 1.50 bits per heavy atom. The van der Waals surface area contributed by atoms with E-state index in [0.717, 1.165) is 6.42 Å². The molecule has 0 bridgehead atoms. The highest BCUT2D eigenvalue weighted by atomic mass is 35.5. The number of aromatic nitrogens is 2. The van der Waals surface area contributed by atoms with Gasteiger partial charge in [0.2, 0.25) is 5.89 Å². The average molecular weight is 286 g/mol. The fourth-order valence-electron chi connectivity index (χ4n) is 1.61. The third kappa shape index (κ3) is 3.23. The first-order valence-corrected chi connectivity index (χ1v) is 7.25. The van der Waals surface area contributed by atoms with Gasteiger partial charge in [0.1, 0.15) is 0 Å². The average Bonchev–Trinajstić information content (AvgIpc) is 3.00. The number of hydrogen-bond acceptors (Lipinski definition) is 5. The molecule has 18 heavy (non-hydrogen) atoms. The third-order valence-corrected chi connectivity index (χ3v) is 3.89. The molecule has 0 aromatic carbocycles. The summed E-state index contributed by atoms with van der Waals surface area (Å²) in [4.78, 5) is 3.36. The fraction of sp³-hybridized carbons (Fsp3) is 0.500. The Bertz CT molecular complexity index is 471. The van der Waals surface area contributed by atoms with E-state index in [2.05, 4.69) is 34.6 Å². The van der Waals surface area contributed by atoms with E-state index in [-0.39, 0.29) is 0 Å². The predicted octanol–water partition coefficient (Wildman–Crippen LogP) is 2.98. The second-order valence-electron chi connectivity index (χ2n) is 4.16. The summed E-state index contributed by atoms with van der Waals surface area (Å²) in [5, 5.41) is 10.1. The lowest BCUT2D eigenvalue weighted by molar-refractivity contribution is 0.481. The molecule has 6 heteroatoms. The summed E-state index contributed by atoms with van der Waals surface area (Å²) in [6.07, 6.45) is 1.59. The van der Waals surface area contributed by atoms with Crippen molar-refractivity contribution in [2.24, 2.45) is 0 Å². The molecule has 0 saturated heterocycles. The largest absolute Gasteiger partial charge is 0.408 e. The first kappa shape index (κ1) is 13.4. The van der Waals surface area contributed by atoms with Gasteiger partial charge in [-0.2, -0.15) is 0 Å². The van der Waals surface area contributed by atoms with Crippen LogP contribution >= 0.6 is 22.9 Å². The second kappa shape index (κ2) is 6.20. The van der Waals surface area contributed by atoms with Crippen molar-refractivity contribution in [2.75, 3.05) is 17.8 Å². The van der Waals surface area contributed by atoms with Gasteiger partial charge in [0.25, 0.3) is 0 Å². The van der Waals surface area contributed by atoms with Gasteiger partial charge < -0.3 is 9.32 Å². The van der Waals surface area contributed by atoms with Crippen molar-refractivity contribution in [3.63, 3.8) is 0 Å². The highest BCUT2D eigenvalue weighted by Gasteiger charge is 2.16. The zero-order valence-electron chi connectivity index (χ0n) is 10.5. The highest BCUT2D eigenvalue weighted by Crippen LogP contribution is 2.18. The molecule has 0 aliphatic carbocycles. The van der Waals surface area contributed by atoms with Crippen molar-refractivity contribution >= 4 is 29.0 Å². The monoisotopic (exact) mass is 285 g/mol. The van der Waals surface area contributed by atoms with E-state index in [1.54, 1.807) is 11.3 Å². The number of rotatable bonds is 6. The van der Waals surface area contributed by atoms with Crippen LogP contribution in [0.4, 0.5) is 6.01 Å². The van der Waals surface area contributed by atoms with Gasteiger partial charge in [-0.15, -0.1) is 28.0 Å². The van der Waals surface area contributed by atoms with Crippen LogP contribution in [0.3, 0.4) is 0 Å². The lowest BCUT2D eigenvalue weighted by Crippen LogP contribution is -2.30. The van der Waals surface area contributed by atoms with Crippen molar-refractivity contribution in [3.8, 4) is 0 Å². The Balaban J connectivity index is 1.98. The summed E-state index contributed by atoms with van der Waals surface area (Å²) in [6, 6.07) is 5.08. The number of nitrogens with zero attached hydrogens (tertiary/aromatic N) is 3. The lowest BCUT2D eigenvalue weighted by atomic mass is 10.2. The minimum atomic E-state index is 0.313. The standard InChI is InChI=1S/C12H16ClN3OS/c1-9(8-10-4-3-7-18-10)16(2)12-15-14-11(17-12)5-6-13/h3-4,7,9H,5-6,8H2,1-2H3. The molecular weight excluding hydrogens is 270 g/mol. The third-order valence-electron chi connectivity index (χ3n) is 2.80. The molecule has 98 valence electrons. The lowest BCUT2D eigenvalue weighted by Gasteiger charge is -2.21. The van der Waals surface area contributed by atoms with Crippen molar-refractivity contribution in [3.05, 3.63) is 28.3 Å². The quantitative estimate of drug-likeness (QED) is 0.765. The van der Waals surface area contributed by atoms with E-state index in [1.807, 2.05) is 11.9 Å². The zero-order chi connectivity index (χ0) is 13.0. The Morgan fingerprint density at radius 3 is 3.00 bits per heavy atom. The molecule has 2 aromatic rings. The van der Waals surface area contributed by atoms with Crippen molar-refractivity contribution in [1.29, 1.82) is 0 Å². The van der Waals surface area contributed by atoms with E-state index in [9.17, 15) is 0 Å². The zero-order valence-corrected chi connectivity index (χ0v) is 12.0. The molecule has 0 radical (unpaired) electrons. The number of alkyl halides is 1. The van der Waals surface area contributed by atoms with Gasteiger partial charge in [0, 0.05) is 36.7 Å². The Kier molecular flexibility index (Phi) is 4.60. The molecule has 0 aliphatic heterocycles.